The molecule has 0 aliphatic carbocycles. The van der Waals surface area contributed by atoms with Crippen LogP contribution >= 0.6 is 0 Å². The first-order valence-corrected chi connectivity index (χ1v) is 6.59. The first kappa shape index (κ1) is 15.9. The molecule has 0 aliphatic rings. The summed E-state index contributed by atoms with van der Waals surface area (Å²) in [5.41, 5.74) is 0. The van der Waals surface area contributed by atoms with E-state index in [1.807, 2.05) is 6.92 Å². The van der Waals surface area contributed by atoms with Crippen LogP contribution in [0.1, 0.15) is 37.9 Å². The van der Waals surface area contributed by atoms with Crippen LogP contribution in [0.4, 0.5) is 4.79 Å². The standard InChI is InChI=1S/C12H20N4O4/c1-3-4-5-9(11(17)18)15-12(19)13-7-6-10-14-8(2)20-16-10/h9H,3-7H2,1-2H3,(H,17,18)(H2,13,15,19)/t9-/m0/s1. The Bertz CT molecular complexity index is 446. The van der Waals surface area contributed by atoms with E-state index in [1.54, 1.807) is 6.92 Å². The molecule has 1 aromatic rings. The van der Waals surface area contributed by atoms with Crippen LogP contribution in [0.15, 0.2) is 4.52 Å². The summed E-state index contributed by atoms with van der Waals surface area (Å²) in [5.74, 6) is -0.0547. The number of carbonyl (C=O) groups excluding carboxylic acids is 1. The fraction of sp³-hybridized carbons (Fsp3) is 0.667. The maximum Gasteiger partial charge on any atom is 0.326 e. The Labute approximate surface area is 116 Å². The smallest absolute Gasteiger partial charge is 0.326 e. The van der Waals surface area contributed by atoms with Crippen LogP contribution in [-0.2, 0) is 11.2 Å². The highest BCUT2D eigenvalue weighted by Crippen LogP contribution is 2.00. The van der Waals surface area contributed by atoms with Gasteiger partial charge in [0.2, 0.25) is 5.89 Å². The van der Waals surface area contributed by atoms with Crippen LogP contribution in [0, 0.1) is 6.92 Å². The first-order chi connectivity index (χ1) is 9.52. The molecule has 20 heavy (non-hydrogen) atoms. The molecule has 3 N–H and O–H groups in total. The number of amides is 2. The van der Waals surface area contributed by atoms with E-state index in [0.29, 0.717) is 31.1 Å². The molecule has 0 aromatic carbocycles. The molecule has 8 nitrogen and oxygen atoms in total. The molecule has 1 rings (SSSR count). The number of urea groups is 1. The molecule has 0 saturated carbocycles. The highest BCUT2D eigenvalue weighted by Gasteiger charge is 2.18. The average Bonchev–Trinajstić information content (AvgIpc) is 2.80. The van der Waals surface area contributed by atoms with Gasteiger partial charge in [-0.25, -0.2) is 9.59 Å². The minimum Gasteiger partial charge on any atom is -0.480 e. The largest absolute Gasteiger partial charge is 0.480 e. The fourth-order valence-electron chi connectivity index (χ4n) is 1.61. The zero-order valence-corrected chi connectivity index (χ0v) is 11.7. The van der Waals surface area contributed by atoms with Gasteiger partial charge in [0.25, 0.3) is 0 Å². The van der Waals surface area contributed by atoms with Gasteiger partial charge in [0.1, 0.15) is 6.04 Å². The third kappa shape index (κ3) is 5.68. The summed E-state index contributed by atoms with van der Waals surface area (Å²) in [5, 5.41) is 17.7. The number of carbonyl (C=O) groups is 2. The van der Waals surface area contributed by atoms with Gasteiger partial charge in [-0.3, -0.25) is 0 Å². The normalized spacial score (nSPS) is 11.9. The Morgan fingerprint density at radius 2 is 2.20 bits per heavy atom. The number of carboxylic acid groups (broad SMARTS) is 1. The van der Waals surface area contributed by atoms with Crippen molar-refractivity contribution in [3.8, 4) is 0 Å². The number of rotatable bonds is 8. The van der Waals surface area contributed by atoms with Gasteiger partial charge in [0.05, 0.1) is 0 Å². The molecule has 0 radical (unpaired) electrons. The van der Waals surface area contributed by atoms with E-state index in [1.165, 1.54) is 0 Å². The lowest BCUT2D eigenvalue weighted by molar-refractivity contribution is -0.139. The van der Waals surface area contributed by atoms with Crippen molar-refractivity contribution in [2.75, 3.05) is 6.54 Å². The van der Waals surface area contributed by atoms with Crippen molar-refractivity contribution in [3.63, 3.8) is 0 Å². The van der Waals surface area contributed by atoms with E-state index >= 15 is 0 Å². The summed E-state index contributed by atoms with van der Waals surface area (Å²) in [6.07, 6.45) is 2.48. The molecule has 8 heteroatoms. The summed E-state index contributed by atoms with van der Waals surface area (Å²) in [7, 11) is 0. The third-order valence-electron chi connectivity index (χ3n) is 2.65. The topological polar surface area (TPSA) is 117 Å². The minimum absolute atomic E-state index is 0.310. The van der Waals surface area contributed by atoms with Crippen molar-refractivity contribution < 1.29 is 19.2 Å². The lowest BCUT2D eigenvalue weighted by Gasteiger charge is -2.14. The summed E-state index contributed by atoms with van der Waals surface area (Å²) in [6.45, 7) is 3.96. The highest BCUT2D eigenvalue weighted by atomic mass is 16.5. The van der Waals surface area contributed by atoms with Crippen molar-refractivity contribution in [3.05, 3.63) is 11.7 Å². The number of aromatic nitrogens is 2. The number of aliphatic carboxylic acids is 1. The summed E-state index contributed by atoms with van der Waals surface area (Å²) < 4.78 is 4.80. The Kier molecular flexibility index (Phi) is 6.48. The number of hydrogen-bond donors (Lipinski definition) is 3. The van der Waals surface area contributed by atoms with Gasteiger partial charge < -0.3 is 20.3 Å². The lowest BCUT2D eigenvalue weighted by Crippen LogP contribution is -2.46. The average molecular weight is 284 g/mol. The van der Waals surface area contributed by atoms with E-state index in [9.17, 15) is 9.59 Å². The Morgan fingerprint density at radius 3 is 2.75 bits per heavy atom. The van der Waals surface area contributed by atoms with Crippen LogP contribution in [0.3, 0.4) is 0 Å². The van der Waals surface area contributed by atoms with Gasteiger partial charge >= 0.3 is 12.0 Å². The van der Waals surface area contributed by atoms with E-state index in [4.69, 9.17) is 9.63 Å². The highest BCUT2D eigenvalue weighted by molar-refractivity contribution is 5.82. The molecular weight excluding hydrogens is 264 g/mol. The second kappa shape index (κ2) is 8.13. The number of nitrogens with zero attached hydrogens (tertiary/aromatic N) is 2. The second-order valence-corrected chi connectivity index (χ2v) is 4.41. The van der Waals surface area contributed by atoms with Crippen molar-refractivity contribution >= 4 is 12.0 Å². The van der Waals surface area contributed by atoms with Gasteiger partial charge in [-0.05, 0) is 6.42 Å². The zero-order chi connectivity index (χ0) is 15.0. The summed E-state index contributed by atoms with van der Waals surface area (Å²) in [6, 6.07) is -1.36. The Morgan fingerprint density at radius 1 is 1.45 bits per heavy atom. The quantitative estimate of drug-likeness (QED) is 0.651. The van der Waals surface area contributed by atoms with Crippen molar-refractivity contribution in [1.82, 2.24) is 20.8 Å². The molecule has 1 atom stereocenters. The molecule has 1 heterocycles. The summed E-state index contributed by atoms with van der Waals surface area (Å²) >= 11 is 0. The van der Waals surface area contributed by atoms with Crippen LogP contribution in [0.5, 0.6) is 0 Å². The number of aryl methyl sites for hydroxylation is 1. The predicted molar refractivity (Wildman–Crippen MR) is 70.2 cm³/mol. The number of carboxylic acids is 1. The van der Waals surface area contributed by atoms with Crippen LogP contribution < -0.4 is 10.6 Å². The zero-order valence-electron chi connectivity index (χ0n) is 11.7. The molecule has 0 spiro atoms. The maximum absolute atomic E-state index is 11.6. The van der Waals surface area contributed by atoms with Gasteiger partial charge in [-0.15, -0.1) is 0 Å². The van der Waals surface area contributed by atoms with Crippen LogP contribution in [0.25, 0.3) is 0 Å². The van der Waals surface area contributed by atoms with E-state index in [-0.39, 0.29) is 0 Å². The molecule has 0 saturated heterocycles. The van der Waals surface area contributed by atoms with E-state index in [2.05, 4.69) is 20.8 Å². The van der Waals surface area contributed by atoms with Gasteiger partial charge in [-0.2, -0.15) is 4.98 Å². The predicted octanol–water partition coefficient (Wildman–Crippen LogP) is 0.863. The molecule has 2 amide bonds. The molecule has 112 valence electrons. The second-order valence-electron chi connectivity index (χ2n) is 4.41. The first-order valence-electron chi connectivity index (χ1n) is 6.59. The van der Waals surface area contributed by atoms with E-state index in [0.717, 1.165) is 12.8 Å². The van der Waals surface area contributed by atoms with Gasteiger partial charge in [0.15, 0.2) is 5.82 Å². The lowest BCUT2D eigenvalue weighted by atomic mass is 10.1. The molecular formula is C12H20N4O4. The number of hydrogen-bond acceptors (Lipinski definition) is 5. The number of nitrogens with one attached hydrogen (secondary N) is 2. The maximum atomic E-state index is 11.6. The van der Waals surface area contributed by atoms with Crippen molar-refractivity contribution in [1.29, 1.82) is 0 Å². The number of unbranched alkanes of at least 4 members (excludes halogenated alkanes) is 1. The third-order valence-corrected chi connectivity index (χ3v) is 2.65. The van der Waals surface area contributed by atoms with Crippen molar-refractivity contribution in [2.24, 2.45) is 0 Å². The fourth-order valence-corrected chi connectivity index (χ4v) is 1.61. The van der Waals surface area contributed by atoms with E-state index < -0.39 is 18.0 Å². The van der Waals surface area contributed by atoms with Gasteiger partial charge in [-0.1, -0.05) is 24.9 Å². The molecule has 0 unspecified atom stereocenters. The minimum atomic E-state index is -1.03. The monoisotopic (exact) mass is 284 g/mol. The molecule has 0 bridgehead atoms. The van der Waals surface area contributed by atoms with Crippen LogP contribution in [-0.4, -0.2) is 39.8 Å². The molecule has 0 fully saturated rings. The van der Waals surface area contributed by atoms with Crippen molar-refractivity contribution in [2.45, 2.75) is 45.6 Å². The Balaban J connectivity index is 2.28. The Hall–Kier alpha value is -2.12. The van der Waals surface area contributed by atoms with Crippen LogP contribution in [0.2, 0.25) is 0 Å². The summed E-state index contributed by atoms with van der Waals surface area (Å²) in [4.78, 5) is 26.5. The molecule has 0 aliphatic heterocycles. The molecule has 1 aromatic heterocycles. The SMILES string of the molecule is CCCC[C@H](NC(=O)NCCc1noc(C)n1)C(=O)O. The van der Waals surface area contributed by atoms with Gasteiger partial charge in [0, 0.05) is 19.9 Å².